The van der Waals surface area contributed by atoms with E-state index < -0.39 is 27.5 Å². The second-order valence-corrected chi connectivity index (χ2v) is 5.16. The van der Waals surface area contributed by atoms with Crippen molar-refractivity contribution in [2.24, 2.45) is 0 Å². The monoisotopic (exact) mass is 322 g/mol. The molecule has 0 bridgehead atoms. The van der Waals surface area contributed by atoms with Gasteiger partial charge in [0, 0.05) is 17.7 Å². The summed E-state index contributed by atoms with van der Waals surface area (Å²) in [6.45, 7) is 1.33. The number of nitrogens with zero attached hydrogens (tertiary/aromatic N) is 1. The second-order valence-electron chi connectivity index (χ2n) is 4.06. The molecule has 1 rings (SSSR count). The Labute approximate surface area is 124 Å². The Kier molecular flexibility index (Phi) is 5.29. The van der Waals surface area contributed by atoms with E-state index in [9.17, 15) is 25.1 Å². The van der Waals surface area contributed by atoms with Gasteiger partial charge in [-0.15, -0.1) is 0 Å². The highest BCUT2D eigenvalue weighted by Crippen LogP contribution is 2.24. The minimum absolute atomic E-state index is 0.0170. The third-order valence-corrected chi connectivity index (χ3v) is 3.06. The van der Waals surface area contributed by atoms with Crippen LogP contribution in [0.25, 0.3) is 0 Å². The number of hydrogen-bond acceptors (Lipinski definition) is 5. The quantitative estimate of drug-likeness (QED) is 0.324. The van der Waals surface area contributed by atoms with Gasteiger partial charge in [0.15, 0.2) is 4.84 Å². The lowest BCUT2D eigenvalue weighted by Crippen LogP contribution is -2.50. The molecule has 0 radical (unpaired) electrons. The van der Waals surface area contributed by atoms with Gasteiger partial charge >= 0.3 is 0 Å². The van der Waals surface area contributed by atoms with Crippen molar-refractivity contribution in [3.63, 3.8) is 0 Å². The third kappa shape index (κ3) is 3.80. The van der Waals surface area contributed by atoms with Gasteiger partial charge in [0.2, 0.25) is 5.79 Å². The SMILES string of the molecule is CC(NC(=O)C(Cl)Cl)C(O)(O)c1ccc([N+](=O)[O-])cc1. The van der Waals surface area contributed by atoms with Crippen LogP contribution in [0.2, 0.25) is 0 Å². The van der Waals surface area contributed by atoms with Crippen LogP contribution in [0.15, 0.2) is 24.3 Å². The van der Waals surface area contributed by atoms with Crippen molar-refractivity contribution in [2.75, 3.05) is 0 Å². The van der Waals surface area contributed by atoms with E-state index in [1.165, 1.54) is 19.1 Å². The number of aliphatic hydroxyl groups is 2. The number of halogens is 2. The Morgan fingerprint density at radius 1 is 1.35 bits per heavy atom. The van der Waals surface area contributed by atoms with Crippen LogP contribution >= 0.6 is 23.2 Å². The fourth-order valence-electron chi connectivity index (χ4n) is 1.46. The summed E-state index contributed by atoms with van der Waals surface area (Å²) in [7, 11) is 0. The summed E-state index contributed by atoms with van der Waals surface area (Å²) in [5, 5.41) is 32.7. The first kappa shape index (κ1) is 16.6. The molecular weight excluding hydrogens is 311 g/mol. The van der Waals surface area contributed by atoms with E-state index in [1.807, 2.05) is 0 Å². The number of carbonyl (C=O) groups excluding carboxylic acids is 1. The van der Waals surface area contributed by atoms with Gasteiger partial charge in [0.1, 0.15) is 0 Å². The molecule has 0 saturated heterocycles. The number of alkyl halides is 2. The molecule has 0 aliphatic heterocycles. The number of nitro groups is 1. The molecule has 0 saturated carbocycles. The summed E-state index contributed by atoms with van der Waals surface area (Å²) in [6, 6.07) is 3.48. The van der Waals surface area contributed by atoms with Crippen LogP contribution in [0.4, 0.5) is 5.69 Å². The zero-order chi connectivity index (χ0) is 15.5. The van der Waals surface area contributed by atoms with E-state index in [4.69, 9.17) is 23.2 Å². The van der Waals surface area contributed by atoms with Crippen LogP contribution in [0.5, 0.6) is 0 Å². The molecule has 110 valence electrons. The first-order valence-electron chi connectivity index (χ1n) is 5.44. The fraction of sp³-hybridized carbons (Fsp3) is 0.364. The number of carbonyl (C=O) groups is 1. The summed E-state index contributed by atoms with van der Waals surface area (Å²) in [6.07, 6.45) is 0. The lowest BCUT2D eigenvalue weighted by molar-refractivity contribution is -0.384. The summed E-state index contributed by atoms with van der Waals surface area (Å²) < 4.78 is 0. The number of nitro benzene ring substituents is 1. The molecule has 0 aromatic heterocycles. The lowest BCUT2D eigenvalue weighted by Gasteiger charge is -2.29. The van der Waals surface area contributed by atoms with Crippen LogP contribution in [0, 0.1) is 10.1 Å². The lowest BCUT2D eigenvalue weighted by atomic mass is 9.99. The predicted octanol–water partition coefficient (Wildman–Crippen LogP) is 1.04. The van der Waals surface area contributed by atoms with Crippen LogP contribution < -0.4 is 5.32 Å². The summed E-state index contributed by atoms with van der Waals surface area (Å²) in [5.74, 6) is -3.21. The smallest absolute Gasteiger partial charge is 0.269 e. The molecule has 1 amide bonds. The van der Waals surface area contributed by atoms with Crippen molar-refractivity contribution in [1.29, 1.82) is 0 Å². The maximum atomic E-state index is 11.3. The Balaban J connectivity index is 2.91. The van der Waals surface area contributed by atoms with Gasteiger partial charge in [0.05, 0.1) is 11.0 Å². The van der Waals surface area contributed by atoms with Crippen molar-refractivity contribution in [3.05, 3.63) is 39.9 Å². The van der Waals surface area contributed by atoms with Gasteiger partial charge in [-0.1, -0.05) is 23.2 Å². The normalized spacial score (nSPS) is 13.1. The number of amides is 1. The molecule has 7 nitrogen and oxygen atoms in total. The third-order valence-electron chi connectivity index (χ3n) is 2.66. The van der Waals surface area contributed by atoms with Gasteiger partial charge in [-0.2, -0.15) is 0 Å². The Hall–Kier alpha value is -1.41. The second kappa shape index (κ2) is 6.36. The maximum absolute atomic E-state index is 11.3. The molecule has 1 aromatic rings. The summed E-state index contributed by atoms with van der Waals surface area (Å²) in [5.41, 5.74) is -0.209. The highest BCUT2D eigenvalue weighted by molar-refractivity contribution is 6.53. The highest BCUT2D eigenvalue weighted by atomic mass is 35.5. The minimum atomic E-state index is -2.42. The van der Waals surface area contributed by atoms with Gasteiger partial charge in [-0.25, -0.2) is 0 Å². The minimum Gasteiger partial charge on any atom is -0.360 e. The van der Waals surface area contributed by atoms with E-state index in [0.29, 0.717) is 0 Å². The van der Waals surface area contributed by atoms with E-state index in [-0.39, 0.29) is 11.3 Å². The predicted molar refractivity (Wildman–Crippen MR) is 72.3 cm³/mol. The van der Waals surface area contributed by atoms with Gasteiger partial charge < -0.3 is 15.5 Å². The van der Waals surface area contributed by atoms with Crippen molar-refractivity contribution in [1.82, 2.24) is 5.32 Å². The van der Waals surface area contributed by atoms with Gasteiger partial charge in [0.25, 0.3) is 11.6 Å². The average Bonchev–Trinajstić information content (AvgIpc) is 2.38. The molecular formula is C11H12Cl2N2O5. The molecule has 20 heavy (non-hydrogen) atoms. The number of non-ortho nitro benzene ring substituents is 1. The number of hydrogen-bond donors (Lipinski definition) is 3. The number of rotatable bonds is 5. The van der Waals surface area contributed by atoms with Crippen LogP contribution in [0.3, 0.4) is 0 Å². The van der Waals surface area contributed by atoms with E-state index in [1.54, 1.807) is 0 Å². The van der Waals surface area contributed by atoms with E-state index in [2.05, 4.69) is 5.32 Å². The van der Waals surface area contributed by atoms with Crippen molar-refractivity contribution >= 4 is 34.8 Å². The molecule has 0 aliphatic carbocycles. The highest BCUT2D eigenvalue weighted by Gasteiger charge is 2.35. The molecule has 1 aromatic carbocycles. The molecule has 1 atom stereocenters. The zero-order valence-electron chi connectivity index (χ0n) is 10.3. The van der Waals surface area contributed by atoms with Crippen LogP contribution in [0.1, 0.15) is 12.5 Å². The summed E-state index contributed by atoms with van der Waals surface area (Å²) in [4.78, 5) is 19.8. The average molecular weight is 323 g/mol. The molecule has 0 aliphatic rings. The standard InChI is InChI=1S/C11H12Cl2N2O5/c1-6(14-10(16)9(12)13)11(17,18)7-2-4-8(5-3-7)15(19)20/h2-6,9,17-18H,1H3,(H,14,16). The Morgan fingerprint density at radius 2 is 1.85 bits per heavy atom. The van der Waals surface area contributed by atoms with Gasteiger partial charge in [-0.05, 0) is 19.1 Å². The zero-order valence-corrected chi connectivity index (χ0v) is 11.8. The molecule has 0 fully saturated rings. The maximum Gasteiger partial charge on any atom is 0.269 e. The number of nitrogens with one attached hydrogen (secondary N) is 1. The van der Waals surface area contributed by atoms with Crippen LogP contribution in [-0.4, -0.2) is 31.9 Å². The molecule has 0 heterocycles. The Morgan fingerprint density at radius 3 is 2.25 bits per heavy atom. The van der Waals surface area contributed by atoms with Crippen molar-refractivity contribution < 1.29 is 19.9 Å². The number of benzene rings is 1. The van der Waals surface area contributed by atoms with E-state index >= 15 is 0 Å². The topological polar surface area (TPSA) is 113 Å². The Bertz CT molecular complexity index is 504. The van der Waals surface area contributed by atoms with Gasteiger partial charge in [-0.3, -0.25) is 14.9 Å². The first-order valence-corrected chi connectivity index (χ1v) is 6.31. The fourth-order valence-corrected chi connectivity index (χ4v) is 1.58. The molecule has 9 heteroatoms. The van der Waals surface area contributed by atoms with E-state index in [0.717, 1.165) is 12.1 Å². The van der Waals surface area contributed by atoms with Crippen molar-refractivity contribution in [2.45, 2.75) is 23.6 Å². The summed E-state index contributed by atoms with van der Waals surface area (Å²) >= 11 is 10.7. The largest absolute Gasteiger partial charge is 0.360 e. The first-order chi connectivity index (χ1) is 9.16. The molecule has 3 N–H and O–H groups in total. The van der Waals surface area contributed by atoms with Crippen LogP contribution in [-0.2, 0) is 10.6 Å². The molecule has 1 unspecified atom stereocenters. The van der Waals surface area contributed by atoms with Crippen molar-refractivity contribution in [3.8, 4) is 0 Å². The molecule has 0 spiro atoms.